The van der Waals surface area contributed by atoms with Crippen molar-refractivity contribution in [3.05, 3.63) is 35.4 Å². The van der Waals surface area contributed by atoms with Gasteiger partial charge in [-0.05, 0) is 18.1 Å². The molecule has 0 aromatic heterocycles. The maximum absolute atomic E-state index is 11.9. The molecule has 0 bridgehead atoms. The van der Waals surface area contributed by atoms with Crippen LogP contribution in [0.5, 0.6) is 0 Å². The number of aliphatic hydroxyl groups is 1. The van der Waals surface area contributed by atoms with Crippen LogP contribution in [-0.4, -0.2) is 41.5 Å². The van der Waals surface area contributed by atoms with Crippen molar-refractivity contribution in [3.8, 4) is 11.8 Å². The van der Waals surface area contributed by atoms with Gasteiger partial charge in [0, 0.05) is 25.1 Å². The van der Waals surface area contributed by atoms with E-state index in [2.05, 4.69) is 17.2 Å². The molecule has 1 aliphatic heterocycles. The molecule has 1 saturated heterocycles. The van der Waals surface area contributed by atoms with E-state index in [9.17, 15) is 9.59 Å². The minimum atomic E-state index is -0.197. The molecule has 1 aliphatic rings. The molecule has 2 N–H and O–H groups in total. The maximum atomic E-state index is 11.9. The Morgan fingerprint density at radius 3 is 2.90 bits per heavy atom. The van der Waals surface area contributed by atoms with Crippen LogP contribution in [0.15, 0.2) is 24.3 Å². The van der Waals surface area contributed by atoms with Gasteiger partial charge in [-0.3, -0.25) is 9.59 Å². The lowest BCUT2D eigenvalue weighted by Crippen LogP contribution is -2.37. The van der Waals surface area contributed by atoms with Crippen molar-refractivity contribution in [3.63, 3.8) is 0 Å². The molecule has 110 valence electrons. The lowest BCUT2D eigenvalue weighted by atomic mass is 10.1. The number of carbonyl (C=O) groups is 2. The summed E-state index contributed by atoms with van der Waals surface area (Å²) in [6.07, 6.45) is 1.36. The number of nitrogens with one attached hydrogen (secondary N) is 1. The quantitative estimate of drug-likeness (QED) is 0.781. The topological polar surface area (TPSA) is 69.6 Å². The van der Waals surface area contributed by atoms with Crippen LogP contribution in [0.25, 0.3) is 0 Å². The summed E-state index contributed by atoms with van der Waals surface area (Å²) < 4.78 is 0. The number of hydrogen-bond acceptors (Lipinski definition) is 3. The fourth-order valence-electron chi connectivity index (χ4n) is 2.23. The molecule has 0 spiro atoms. The molecule has 0 radical (unpaired) electrons. The highest BCUT2D eigenvalue weighted by Crippen LogP contribution is 2.09. The van der Waals surface area contributed by atoms with Gasteiger partial charge in [0.15, 0.2) is 0 Å². The number of rotatable bonds is 4. The number of amides is 2. The normalized spacial score (nSPS) is 13.8. The second-order valence-electron chi connectivity index (χ2n) is 4.81. The highest BCUT2D eigenvalue weighted by Gasteiger charge is 2.22. The molecule has 1 heterocycles. The molecule has 2 rings (SSSR count). The summed E-state index contributed by atoms with van der Waals surface area (Å²) in [6.45, 7) is 0.934. The largest absolute Gasteiger partial charge is 0.384 e. The zero-order chi connectivity index (χ0) is 15.1. The van der Waals surface area contributed by atoms with Gasteiger partial charge in [-0.2, -0.15) is 0 Å². The Bertz CT molecular complexity index is 587. The van der Waals surface area contributed by atoms with Gasteiger partial charge in [-0.15, -0.1) is 0 Å². The highest BCUT2D eigenvalue weighted by atomic mass is 16.2. The molecule has 5 heteroatoms. The molecule has 0 atom stereocenters. The molecule has 0 unspecified atom stereocenters. The minimum absolute atomic E-state index is 0.0411. The highest BCUT2D eigenvalue weighted by molar-refractivity contribution is 5.85. The lowest BCUT2D eigenvalue weighted by molar-refractivity contribution is -0.133. The van der Waals surface area contributed by atoms with Crippen molar-refractivity contribution in [2.24, 2.45) is 0 Å². The molecular weight excluding hydrogens is 268 g/mol. The average molecular weight is 286 g/mol. The van der Waals surface area contributed by atoms with E-state index in [0.29, 0.717) is 19.5 Å². The molecule has 2 amide bonds. The smallest absolute Gasteiger partial charge is 0.239 e. The predicted molar refractivity (Wildman–Crippen MR) is 78.1 cm³/mol. The molecular formula is C16H18N2O3. The van der Waals surface area contributed by atoms with Crippen molar-refractivity contribution in [1.82, 2.24) is 10.2 Å². The van der Waals surface area contributed by atoms with Crippen molar-refractivity contribution >= 4 is 11.8 Å². The summed E-state index contributed by atoms with van der Waals surface area (Å²) >= 11 is 0. The molecule has 1 fully saturated rings. The van der Waals surface area contributed by atoms with E-state index in [-0.39, 0.29) is 25.0 Å². The second kappa shape index (κ2) is 7.46. The summed E-state index contributed by atoms with van der Waals surface area (Å²) in [5.74, 6) is 5.32. The molecule has 0 saturated carbocycles. The second-order valence-corrected chi connectivity index (χ2v) is 4.81. The van der Waals surface area contributed by atoms with E-state index in [1.54, 1.807) is 4.90 Å². The summed E-state index contributed by atoms with van der Waals surface area (Å²) in [6, 6.07) is 7.45. The summed E-state index contributed by atoms with van der Waals surface area (Å²) in [7, 11) is 0. The van der Waals surface area contributed by atoms with Crippen LogP contribution in [0.2, 0.25) is 0 Å². The fraction of sp³-hybridized carbons (Fsp3) is 0.375. The third-order valence-corrected chi connectivity index (χ3v) is 3.30. The Labute approximate surface area is 124 Å². The number of carbonyl (C=O) groups excluding carboxylic acids is 2. The Morgan fingerprint density at radius 1 is 1.38 bits per heavy atom. The van der Waals surface area contributed by atoms with Crippen LogP contribution in [0.4, 0.5) is 0 Å². The van der Waals surface area contributed by atoms with E-state index in [1.807, 2.05) is 24.3 Å². The number of nitrogens with zero attached hydrogens (tertiary/aromatic N) is 1. The van der Waals surface area contributed by atoms with Crippen LogP contribution < -0.4 is 5.32 Å². The van der Waals surface area contributed by atoms with E-state index >= 15 is 0 Å². The molecule has 1 aromatic carbocycles. The van der Waals surface area contributed by atoms with Gasteiger partial charge in [0.25, 0.3) is 0 Å². The van der Waals surface area contributed by atoms with Gasteiger partial charge in [0.05, 0.1) is 6.54 Å². The van der Waals surface area contributed by atoms with Crippen LogP contribution in [-0.2, 0) is 16.1 Å². The zero-order valence-electron chi connectivity index (χ0n) is 11.8. The van der Waals surface area contributed by atoms with E-state index < -0.39 is 0 Å². The SMILES string of the molecule is O=C(CN1CCCC1=O)NCc1ccccc1C#CCO. The lowest BCUT2D eigenvalue weighted by Gasteiger charge is -2.15. The zero-order valence-corrected chi connectivity index (χ0v) is 11.8. The third kappa shape index (κ3) is 4.33. The number of hydrogen-bond donors (Lipinski definition) is 2. The van der Waals surface area contributed by atoms with Crippen LogP contribution in [0.1, 0.15) is 24.0 Å². The number of benzene rings is 1. The first-order chi connectivity index (χ1) is 10.2. The Balaban J connectivity index is 1.90. The number of likely N-dealkylation sites (tertiary alicyclic amines) is 1. The molecule has 5 nitrogen and oxygen atoms in total. The average Bonchev–Trinajstić information content (AvgIpc) is 2.89. The Hall–Kier alpha value is -2.32. The first-order valence-electron chi connectivity index (χ1n) is 6.93. The summed E-state index contributed by atoms with van der Waals surface area (Å²) in [5.41, 5.74) is 1.67. The van der Waals surface area contributed by atoms with Crippen LogP contribution in [0, 0.1) is 11.8 Å². The van der Waals surface area contributed by atoms with Crippen molar-refractivity contribution in [2.75, 3.05) is 19.7 Å². The van der Waals surface area contributed by atoms with E-state index in [1.165, 1.54) is 0 Å². The van der Waals surface area contributed by atoms with Crippen LogP contribution >= 0.6 is 0 Å². The summed E-state index contributed by atoms with van der Waals surface area (Å²) in [5, 5.41) is 11.5. The van der Waals surface area contributed by atoms with Crippen molar-refractivity contribution in [1.29, 1.82) is 0 Å². The molecule has 21 heavy (non-hydrogen) atoms. The molecule has 1 aromatic rings. The van der Waals surface area contributed by atoms with Gasteiger partial charge < -0.3 is 15.3 Å². The van der Waals surface area contributed by atoms with Gasteiger partial charge in [0.2, 0.25) is 11.8 Å². The minimum Gasteiger partial charge on any atom is -0.384 e. The van der Waals surface area contributed by atoms with Gasteiger partial charge in [-0.1, -0.05) is 30.0 Å². The monoisotopic (exact) mass is 286 g/mol. The maximum Gasteiger partial charge on any atom is 0.239 e. The van der Waals surface area contributed by atoms with Gasteiger partial charge >= 0.3 is 0 Å². The first kappa shape index (κ1) is 15.1. The fourth-order valence-corrected chi connectivity index (χ4v) is 2.23. The van der Waals surface area contributed by atoms with Crippen molar-refractivity contribution < 1.29 is 14.7 Å². The summed E-state index contributed by atoms with van der Waals surface area (Å²) in [4.78, 5) is 24.9. The third-order valence-electron chi connectivity index (χ3n) is 3.30. The Morgan fingerprint density at radius 2 is 2.19 bits per heavy atom. The van der Waals surface area contributed by atoms with Crippen molar-refractivity contribution in [2.45, 2.75) is 19.4 Å². The van der Waals surface area contributed by atoms with Gasteiger partial charge in [0.1, 0.15) is 6.61 Å². The molecule has 0 aliphatic carbocycles. The van der Waals surface area contributed by atoms with E-state index in [4.69, 9.17) is 5.11 Å². The van der Waals surface area contributed by atoms with Crippen LogP contribution in [0.3, 0.4) is 0 Å². The Kier molecular flexibility index (Phi) is 5.35. The standard InChI is InChI=1S/C16H18N2O3/c19-10-4-7-13-5-1-2-6-14(13)11-17-15(20)12-18-9-3-8-16(18)21/h1-2,5-6,19H,3,8-12H2,(H,17,20). The van der Waals surface area contributed by atoms with Gasteiger partial charge in [-0.25, -0.2) is 0 Å². The first-order valence-corrected chi connectivity index (χ1v) is 6.93. The van der Waals surface area contributed by atoms with E-state index in [0.717, 1.165) is 17.5 Å². The predicted octanol–water partition coefficient (Wildman–Crippen LogP) is 0.269. The number of aliphatic hydroxyl groups excluding tert-OH is 1.